The maximum Gasteiger partial charge on any atom is -0.00160 e. The van der Waals surface area contributed by atoms with Crippen LogP contribution >= 0.6 is 0 Å². The van der Waals surface area contributed by atoms with E-state index in [1.165, 1.54) is 96.7 Å². The molecule has 0 unspecified atom stereocenters. The molecule has 1 nitrogen and oxygen atoms in total. The lowest BCUT2D eigenvalue weighted by molar-refractivity contribution is 0.301. The molecular formula is C20H41N. The van der Waals surface area contributed by atoms with Crippen LogP contribution in [0.1, 0.15) is 97.8 Å². The number of nitrogens with zero attached hydrogens (tertiary/aromatic N) is 1. The maximum absolute atomic E-state index is 2.51. The first kappa shape index (κ1) is 20.7. The highest BCUT2D eigenvalue weighted by Gasteiger charge is 1.96. The average molecular weight is 296 g/mol. The third-order valence-electron chi connectivity index (χ3n) is 4.38. The van der Waals surface area contributed by atoms with Gasteiger partial charge in [-0.25, -0.2) is 0 Å². The van der Waals surface area contributed by atoms with Gasteiger partial charge in [0.15, 0.2) is 0 Å². The van der Waals surface area contributed by atoms with Crippen molar-refractivity contribution in [3.05, 3.63) is 12.2 Å². The Morgan fingerprint density at radius 3 is 1.57 bits per heavy atom. The van der Waals surface area contributed by atoms with E-state index in [2.05, 4.69) is 37.8 Å². The van der Waals surface area contributed by atoms with Gasteiger partial charge in [0.2, 0.25) is 0 Å². The van der Waals surface area contributed by atoms with Crippen molar-refractivity contribution in [2.45, 2.75) is 97.8 Å². The normalized spacial score (nSPS) is 11.8. The van der Waals surface area contributed by atoms with E-state index in [0.29, 0.717) is 0 Å². The zero-order valence-corrected chi connectivity index (χ0v) is 15.2. The van der Waals surface area contributed by atoms with Crippen molar-refractivity contribution in [2.24, 2.45) is 0 Å². The second kappa shape index (κ2) is 17.8. The highest BCUT2D eigenvalue weighted by molar-refractivity contribution is 4.81. The molecule has 0 rings (SSSR count). The lowest BCUT2D eigenvalue weighted by atomic mass is 10.1. The number of rotatable bonds is 16. The first-order chi connectivity index (χ1) is 10.3. The molecule has 0 spiro atoms. The third-order valence-corrected chi connectivity index (χ3v) is 4.38. The summed E-state index contributed by atoms with van der Waals surface area (Å²) >= 11 is 0. The van der Waals surface area contributed by atoms with Crippen LogP contribution in [0.3, 0.4) is 0 Å². The van der Waals surface area contributed by atoms with Gasteiger partial charge in [-0.3, -0.25) is 0 Å². The Labute approximate surface area is 135 Å². The van der Waals surface area contributed by atoms with E-state index in [0.717, 1.165) is 0 Å². The van der Waals surface area contributed by atoms with Crippen LogP contribution in [-0.4, -0.2) is 24.5 Å². The molecule has 0 radical (unpaired) electrons. The van der Waals surface area contributed by atoms with E-state index in [1.54, 1.807) is 0 Å². The summed E-state index contributed by atoms with van der Waals surface area (Å²) in [4.78, 5) is 2.51. The smallest absolute Gasteiger partial charge is 0.00160 e. The van der Waals surface area contributed by atoms with Crippen molar-refractivity contribution in [1.29, 1.82) is 0 Å². The van der Waals surface area contributed by atoms with Crippen molar-refractivity contribution >= 4 is 0 Å². The van der Waals surface area contributed by atoms with Crippen LogP contribution in [0.15, 0.2) is 12.2 Å². The van der Waals surface area contributed by atoms with Crippen LogP contribution in [0.25, 0.3) is 0 Å². The highest BCUT2D eigenvalue weighted by atomic mass is 15.1. The minimum atomic E-state index is 1.19. The molecule has 0 aliphatic rings. The molecule has 0 bridgehead atoms. The molecule has 1 heteroatoms. The van der Waals surface area contributed by atoms with Crippen molar-refractivity contribution < 1.29 is 0 Å². The third kappa shape index (κ3) is 15.9. The van der Waals surface area contributed by atoms with E-state index in [1.807, 2.05) is 0 Å². The van der Waals surface area contributed by atoms with Gasteiger partial charge in [0.05, 0.1) is 0 Å². The first-order valence-corrected chi connectivity index (χ1v) is 9.72. The molecule has 0 N–H and O–H groups in total. The minimum Gasteiger partial charge on any atom is -0.304 e. The number of hydrogen-bond donors (Lipinski definition) is 0. The largest absolute Gasteiger partial charge is 0.304 e. The van der Waals surface area contributed by atoms with Gasteiger partial charge in [0.25, 0.3) is 0 Å². The van der Waals surface area contributed by atoms with Crippen LogP contribution in [0, 0.1) is 0 Å². The lowest BCUT2D eigenvalue weighted by Crippen LogP contribution is -2.23. The number of allylic oxidation sites excluding steroid dienone is 2. The van der Waals surface area contributed by atoms with E-state index in [4.69, 9.17) is 0 Å². The van der Waals surface area contributed by atoms with Crippen molar-refractivity contribution in [3.63, 3.8) is 0 Å². The molecule has 0 amide bonds. The maximum atomic E-state index is 2.51. The van der Waals surface area contributed by atoms with Crippen LogP contribution in [0.4, 0.5) is 0 Å². The summed E-state index contributed by atoms with van der Waals surface area (Å²) in [7, 11) is 0. The second-order valence-electron chi connectivity index (χ2n) is 6.26. The van der Waals surface area contributed by atoms with Crippen molar-refractivity contribution in [1.82, 2.24) is 4.90 Å². The molecule has 126 valence electrons. The van der Waals surface area contributed by atoms with Crippen molar-refractivity contribution in [2.75, 3.05) is 19.6 Å². The lowest BCUT2D eigenvalue weighted by Gasteiger charge is -2.16. The topological polar surface area (TPSA) is 3.24 Å². The monoisotopic (exact) mass is 295 g/mol. The van der Waals surface area contributed by atoms with E-state index < -0.39 is 0 Å². The molecule has 0 saturated carbocycles. The van der Waals surface area contributed by atoms with E-state index in [-0.39, 0.29) is 0 Å². The standard InChI is InChI=1S/C20H41N/c1-4-7-8-9-10-11-12-13-14-15-16-17-18-19-20-21(5-2)6-3/h16-17H,4-15,18-20H2,1-3H3/b17-16+. The molecule has 0 aliphatic carbocycles. The van der Waals surface area contributed by atoms with Crippen LogP contribution in [-0.2, 0) is 0 Å². The van der Waals surface area contributed by atoms with Gasteiger partial charge in [-0.15, -0.1) is 0 Å². The Balaban J connectivity index is 3.15. The minimum absolute atomic E-state index is 1.19. The first-order valence-electron chi connectivity index (χ1n) is 9.72. The Hall–Kier alpha value is -0.300. The zero-order chi connectivity index (χ0) is 15.6. The molecule has 0 aromatic rings. The Morgan fingerprint density at radius 1 is 0.571 bits per heavy atom. The van der Waals surface area contributed by atoms with Gasteiger partial charge in [0, 0.05) is 0 Å². The summed E-state index contributed by atoms with van der Waals surface area (Å²) in [6, 6.07) is 0. The Morgan fingerprint density at radius 2 is 1.05 bits per heavy atom. The molecule has 0 aromatic heterocycles. The van der Waals surface area contributed by atoms with Crippen molar-refractivity contribution in [3.8, 4) is 0 Å². The van der Waals surface area contributed by atoms with Gasteiger partial charge in [-0.2, -0.15) is 0 Å². The van der Waals surface area contributed by atoms with E-state index in [9.17, 15) is 0 Å². The number of hydrogen-bond acceptors (Lipinski definition) is 1. The van der Waals surface area contributed by atoms with Crippen LogP contribution in [0.5, 0.6) is 0 Å². The highest BCUT2D eigenvalue weighted by Crippen LogP contribution is 2.10. The van der Waals surface area contributed by atoms with Crippen LogP contribution in [0.2, 0.25) is 0 Å². The Bertz CT molecular complexity index is 206. The molecule has 0 aliphatic heterocycles. The average Bonchev–Trinajstić information content (AvgIpc) is 2.51. The fourth-order valence-corrected chi connectivity index (χ4v) is 2.78. The van der Waals surface area contributed by atoms with Crippen LogP contribution < -0.4 is 0 Å². The number of unbranched alkanes of at least 4 members (excludes halogenated alkanes) is 10. The molecular weight excluding hydrogens is 254 g/mol. The van der Waals surface area contributed by atoms with Gasteiger partial charge in [-0.05, 0) is 45.3 Å². The van der Waals surface area contributed by atoms with Gasteiger partial charge >= 0.3 is 0 Å². The van der Waals surface area contributed by atoms with E-state index >= 15 is 0 Å². The molecule has 0 atom stereocenters. The zero-order valence-electron chi connectivity index (χ0n) is 15.2. The molecule has 0 aromatic carbocycles. The second-order valence-corrected chi connectivity index (χ2v) is 6.26. The predicted octanol–water partition coefficient (Wildman–Crippen LogP) is 6.59. The summed E-state index contributed by atoms with van der Waals surface area (Å²) in [6.07, 6.45) is 21.6. The summed E-state index contributed by atoms with van der Waals surface area (Å²) in [6.45, 7) is 10.4. The quantitative estimate of drug-likeness (QED) is 0.229. The van der Waals surface area contributed by atoms with Gasteiger partial charge in [0.1, 0.15) is 0 Å². The summed E-state index contributed by atoms with van der Waals surface area (Å²) in [5.41, 5.74) is 0. The van der Waals surface area contributed by atoms with Gasteiger partial charge in [-0.1, -0.05) is 84.3 Å². The summed E-state index contributed by atoms with van der Waals surface area (Å²) in [5, 5.41) is 0. The predicted molar refractivity (Wildman–Crippen MR) is 98.0 cm³/mol. The fraction of sp³-hybridized carbons (Fsp3) is 0.900. The molecule has 0 fully saturated rings. The molecule has 21 heavy (non-hydrogen) atoms. The summed E-state index contributed by atoms with van der Waals surface area (Å²) in [5.74, 6) is 0. The SMILES string of the molecule is CCCCCCCCCCC/C=C/CCCN(CC)CC. The Kier molecular flexibility index (Phi) is 17.5. The summed E-state index contributed by atoms with van der Waals surface area (Å²) < 4.78 is 0. The fourth-order valence-electron chi connectivity index (χ4n) is 2.78. The molecule has 0 saturated heterocycles. The molecule has 0 heterocycles. The van der Waals surface area contributed by atoms with Gasteiger partial charge < -0.3 is 4.90 Å².